The fourth-order valence-electron chi connectivity index (χ4n) is 7.48. The van der Waals surface area contributed by atoms with E-state index in [9.17, 15) is 19.5 Å². The fourth-order valence-corrected chi connectivity index (χ4v) is 7.48. The molecule has 0 unspecified atom stereocenters. The molecule has 2 aliphatic heterocycles. The third-order valence-corrected chi connectivity index (χ3v) is 9.97. The third-order valence-electron chi connectivity index (χ3n) is 9.97. The lowest BCUT2D eigenvalue weighted by Gasteiger charge is -2.34. The molecular weight excluding hydrogens is 657 g/mol. The molecule has 7 heterocycles. The van der Waals surface area contributed by atoms with Gasteiger partial charge in [-0.3, -0.25) is 19.1 Å². The Kier molecular flexibility index (Phi) is 8.36. The van der Waals surface area contributed by atoms with Crippen LogP contribution in [0.1, 0.15) is 37.6 Å². The van der Waals surface area contributed by atoms with Crippen LogP contribution < -0.4 is 21.3 Å². The number of urea groups is 1. The zero-order chi connectivity index (χ0) is 34.2. The van der Waals surface area contributed by atoms with Crippen molar-refractivity contribution in [2.45, 2.75) is 52.3 Å². The Hall–Kier alpha value is -4.92. The number of fused-ring (bicyclic) bond motifs is 3. The molecule has 14 heteroatoms. The van der Waals surface area contributed by atoms with E-state index < -0.39 is 0 Å². The summed E-state index contributed by atoms with van der Waals surface area (Å²) in [5, 5.41) is 13.8. The van der Waals surface area contributed by atoms with Gasteiger partial charge in [0, 0.05) is 55.2 Å². The third kappa shape index (κ3) is 5.47. The highest BCUT2D eigenvalue weighted by molar-refractivity contribution is 7.59. The molecular formula is C36H40N8O5S. The van der Waals surface area contributed by atoms with Gasteiger partial charge in [0.2, 0.25) is 0 Å². The van der Waals surface area contributed by atoms with Crippen LogP contribution in [0.5, 0.6) is 0 Å². The number of aryl methyl sites for hydroxylation is 1. The Morgan fingerprint density at radius 2 is 1.84 bits per heavy atom. The number of ether oxygens (including phenoxy) is 1. The molecule has 1 aliphatic carbocycles. The van der Waals surface area contributed by atoms with Crippen molar-refractivity contribution in [1.29, 1.82) is 0 Å². The number of aliphatic hydroxyl groups excluding tert-OH is 1. The summed E-state index contributed by atoms with van der Waals surface area (Å²) in [6.07, 6.45) is 10.3. The highest BCUT2D eigenvalue weighted by atomic mass is 32.1. The van der Waals surface area contributed by atoms with Crippen LogP contribution in [-0.2, 0) is 31.2 Å². The van der Waals surface area contributed by atoms with Crippen LogP contribution >= 0.6 is 13.5 Å². The van der Waals surface area contributed by atoms with Gasteiger partial charge in [0.1, 0.15) is 22.8 Å². The SMILES string of the molecule is C[C@H]1CN(C2COC2)C(=O)N1c1ccc(Nc2cc(-c3ccnc(-n4ccn5c6c(cc5c4=O)CC(C)(C)C6)c3CO)cn(C)c2=O)nc1.S. The molecule has 0 spiro atoms. The minimum Gasteiger partial charge on any atom is -0.392 e. The highest BCUT2D eigenvalue weighted by Crippen LogP contribution is 2.37. The summed E-state index contributed by atoms with van der Waals surface area (Å²) in [6, 6.07) is 9.01. The van der Waals surface area contributed by atoms with Crippen LogP contribution in [0.25, 0.3) is 22.5 Å². The number of aliphatic hydroxyl groups is 1. The molecule has 0 aromatic carbocycles. The van der Waals surface area contributed by atoms with Crippen LogP contribution in [0.3, 0.4) is 0 Å². The van der Waals surface area contributed by atoms with Crippen LogP contribution in [0.2, 0.25) is 0 Å². The number of hydrogen-bond acceptors (Lipinski definition) is 8. The van der Waals surface area contributed by atoms with E-state index in [1.807, 2.05) is 34.6 Å². The number of carbonyl (C=O) groups is 1. The smallest absolute Gasteiger partial charge is 0.325 e. The molecule has 0 radical (unpaired) electrons. The summed E-state index contributed by atoms with van der Waals surface area (Å²) in [5.41, 5.74) is 5.24. The number of anilines is 3. The van der Waals surface area contributed by atoms with Gasteiger partial charge in [-0.25, -0.2) is 14.8 Å². The zero-order valence-electron chi connectivity index (χ0n) is 28.4. The van der Waals surface area contributed by atoms with E-state index in [4.69, 9.17) is 4.74 Å². The van der Waals surface area contributed by atoms with E-state index >= 15 is 0 Å². The Bertz CT molecular complexity index is 2260. The number of amides is 2. The first-order chi connectivity index (χ1) is 23.5. The first-order valence-corrected chi connectivity index (χ1v) is 16.5. The van der Waals surface area contributed by atoms with E-state index in [1.165, 1.54) is 14.7 Å². The molecule has 5 aromatic rings. The molecule has 2 N–H and O–H groups in total. The monoisotopic (exact) mass is 696 g/mol. The van der Waals surface area contributed by atoms with Crippen LogP contribution in [0.4, 0.5) is 22.0 Å². The van der Waals surface area contributed by atoms with Crippen molar-refractivity contribution in [3.05, 3.63) is 98.8 Å². The maximum Gasteiger partial charge on any atom is 0.325 e. The van der Waals surface area contributed by atoms with Gasteiger partial charge in [0.15, 0.2) is 0 Å². The molecule has 2 amide bonds. The molecule has 1 atom stereocenters. The normalized spacial score (nSPS) is 18.3. The van der Waals surface area contributed by atoms with Gasteiger partial charge >= 0.3 is 6.03 Å². The Morgan fingerprint density at radius 1 is 1.04 bits per heavy atom. The van der Waals surface area contributed by atoms with Gasteiger partial charge in [0.25, 0.3) is 11.1 Å². The van der Waals surface area contributed by atoms with Crippen molar-refractivity contribution in [1.82, 2.24) is 28.4 Å². The topological polar surface area (TPSA) is 139 Å². The Balaban J connectivity index is 0.00000392. The second kappa shape index (κ2) is 12.4. The van der Waals surface area contributed by atoms with Gasteiger partial charge in [-0.2, -0.15) is 13.5 Å². The molecule has 2 fully saturated rings. The van der Waals surface area contributed by atoms with E-state index in [-0.39, 0.29) is 60.4 Å². The first kappa shape index (κ1) is 33.6. The second-order valence-electron chi connectivity index (χ2n) is 14.1. The number of aromatic nitrogens is 5. The minimum absolute atomic E-state index is 0. The predicted molar refractivity (Wildman–Crippen MR) is 195 cm³/mol. The zero-order valence-corrected chi connectivity index (χ0v) is 29.4. The first-order valence-electron chi connectivity index (χ1n) is 16.5. The van der Waals surface area contributed by atoms with E-state index in [1.54, 1.807) is 54.9 Å². The highest BCUT2D eigenvalue weighted by Gasteiger charge is 2.41. The van der Waals surface area contributed by atoms with Crippen molar-refractivity contribution >= 4 is 42.2 Å². The summed E-state index contributed by atoms with van der Waals surface area (Å²) in [4.78, 5) is 52.8. The van der Waals surface area contributed by atoms with Gasteiger partial charge in [-0.15, -0.1) is 0 Å². The maximum atomic E-state index is 13.8. The summed E-state index contributed by atoms with van der Waals surface area (Å²) in [5.74, 6) is 0.755. The second-order valence-corrected chi connectivity index (χ2v) is 14.1. The molecule has 8 rings (SSSR count). The van der Waals surface area contributed by atoms with Gasteiger partial charge in [-0.05, 0) is 66.6 Å². The van der Waals surface area contributed by atoms with Crippen LogP contribution in [-0.4, -0.2) is 71.4 Å². The Labute approximate surface area is 295 Å². The maximum absolute atomic E-state index is 13.8. The van der Waals surface area contributed by atoms with E-state index in [0.717, 1.165) is 18.5 Å². The summed E-state index contributed by atoms with van der Waals surface area (Å²) >= 11 is 0. The molecule has 13 nitrogen and oxygen atoms in total. The number of carbonyl (C=O) groups excluding carboxylic acids is 1. The molecule has 0 bridgehead atoms. The number of nitrogens with zero attached hydrogens (tertiary/aromatic N) is 7. The van der Waals surface area contributed by atoms with Gasteiger partial charge in [0.05, 0.1) is 43.8 Å². The fraction of sp³-hybridized carbons (Fsp3) is 0.361. The van der Waals surface area contributed by atoms with E-state index in [0.29, 0.717) is 59.3 Å². The van der Waals surface area contributed by atoms with Crippen molar-refractivity contribution in [3.8, 4) is 16.9 Å². The summed E-state index contributed by atoms with van der Waals surface area (Å²) in [7, 11) is 1.65. The average molecular weight is 697 g/mol. The van der Waals surface area contributed by atoms with Gasteiger partial charge in [-0.1, -0.05) is 13.8 Å². The van der Waals surface area contributed by atoms with Crippen molar-refractivity contribution in [3.63, 3.8) is 0 Å². The minimum atomic E-state index is -0.380. The Morgan fingerprint density at radius 3 is 2.54 bits per heavy atom. The summed E-state index contributed by atoms with van der Waals surface area (Å²) in [6.45, 7) is 7.83. The van der Waals surface area contributed by atoms with Crippen molar-refractivity contribution in [2.24, 2.45) is 12.5 Å². The quantitative estimate of drug-likeness (QED) is 0.263. The number of rotatable bonds is 7. The van der Waals surface area contributed by atoms with Crippen molar-refractivity contribution < 1.29 is 14.6 Å². The molecule has 260 valence electrons. The van der Waals surface area contributed by atoms with E-state index in [2.05, 4.69) is 29.1 Å². The molecule has 0 saturated carbocycles. The molecule has 5 aromatic heterocycles. The standard InChI is InChI=1S/C36H38N8O5.H2S/c1-21-16-43(25-19-49-20-25)35(48)44(21)24-5-6-31(38-15-24)39-28-11-23(17-40(4)33(28)46)26-7-8-37-32(27(26)18-45)42-10-9-41-29(34(42)47)12-22-13-36(2,3)14-30(22)41;/h5-12,15,17,21,25,45H,13-14,16,18-20H2,1-4H3,(H,38,39);1H2/t21-;/m0./s1. The lowest BCUT2D eigenvalue weighted by Crippen LogP contribution is -2.50. The molecule has 2 saturated heterocycles. The number of nitrogens with one attached hydrogen (secondary N) is 1. The summed E-state index contributed by atoms with van der Waals surface area (Å²) < 4.78 is 10.2. The largest absolute Gasteiger partial charge is 0.392 e. The van der Waals surface area contributed by atoms with Crippen LogP contribution in [0.15, 0.2) is 70.9 Å². The number of pyridine rings is 3. The predicted octanol–water partition coefficient (Wildman–Crippen LogP) is 3.75. The van der Waals surface area contributed by atoms with Crippen molar-refractivity contribution in [2.75, 3.05) is 30.0 Å². The average Bonchev–Trinajstić information content (AvgIpc) is 3.65. The van der Waals surface area contributed by atoms with Crippen LogP contribution in [0, 0.1) is 5.41 Å². The number of hydrogen-bond donors (Lipinski definition) is 2. The molecule has 3 aliphatic rings. The molecule has 50 heavy (non-hydrogen) atoms. The lowest BCUT2D eigenvalue weighted by atomic mass is 9.90. The lowest BCUT2D eigenvalue weighted by molar-refractivity contribution is -0.0441. The van der Waals surface area contributed by atoms with Gasteiger partial charge < -0.3 is 29.0 Å².